The van der Waals surface area contributed by atoms with Crippen LogP contribution in [-0.4, -0.2) is 11.5 Å². The van der Waals surface area contributed by atoms with Crippen LogP contribution in [0.3, 0.4) is 0 Å². The van der Waals surface area contributed by atoms with E-state index < -0.39 is 6.43 Å². The van der Waals surface area contributed by atoms with E-state index in [1.807, 2.05) is 6.20 Å². The van der Waals surface area contributed by atoms with Crippen LogP contribution in [0.1, 0.15) is 17.6 Å². The van der Waals surface area contributed by atoms with Crippen molar-refractivity contribution in [2.24, 2.45) is 5.73 Å². The summed E-state index contributed by atoms with van der Waals surface area (Å²) in [7, 11) is 0. The minimum atomic E-state index is -2.42. The lowest BCUT2D eigenvalue weighted by Crippen LogP contribution is -2.01. The van der Waals surface area contributed by atoms with Gasteiger partial charge in [0.05, 0.1) is 0 Å². The molecule has 0 bridgehead atoms. The second-order valence-electron chi connectivity index (χ2n) is 3.46. The normalized spacial score (nSPS) is 11.5. The first kappa shape index (κ1) is 10.1. The lowest BCUT2D eigenvalue weighted by atomic mass is 10.1. The van der Waals surface area contributed by atoms with E-state index in [2.05, 4.69) is 4.98 Å². The Kier molecular flexibility index (Phi) is 2.68. The number of fused-ring (bicyclic) bond motifs is 1. The average Bonchev–Trinajstić information content (AvgIpc) is 2.61. The highest BCUT2D eigenvalue weighted by Crippen LogP contribution is 2.25. The molecule has 1 heterocycles. The fraction of sp³-hybridized carbons (Fsp3) is 0.273. The second kappa shape index (κ2) is 3.98. The first-order valence-electron chi connectivity index (χ1n) is 4.80. The highest BCUT2D eigenvalue weighted by molar-refractivity contribution is 5.83. The van der Waals surface area contributed by atoms with Gasteiger partial charge < -0.3 is 10.7 Å². The Labute approximate surface area is 86.1 Å². The number of hydrogen-bond donors (Lipinski definition) is 2. The van der Waals surface area contributed by atoms with Crippen LogP contribution in [0, 0.1) is 0 Å². The van der Waals surface area contributed by atoms with Crippen molar-refractivity contribution in [3.05, 3.63) is 35.5 Å². The van der Waals surface area contributed by atoms with Crippen molar-refractivity contribution in [3.8, 4) is 0 Å². The number of aromatic nitrogens is 1. The third-order valence-corrected chi connectivity index (χ3v) is 2.46. The molecule has 0 aliphatic carbocycles. The Morgan fingerprint density at radius 3 is 2.80 bits per heavy atom. The standard InChI is InChI=1S/C11H12F2N2/c12-11(13)7-1-2-9-8(3-4-14)6-15-10(9)5-7/h1-2,5-6,11,15H,3-4,14H2. The van der Waals surface area contributed by atoms with Crippen molar-refractivity contribution in [2.45, 2.75) is 12.8 Å². The van der Waals surface area contributed by atoms with E-state index in [4.69, 9.17) is 5.73 Å². The zero-order valence-corrected chi connectivity index (χ0v) is 8.13. The van der Waals surface area contributed by atoms with Crippen LogP contribution in [0.4, 0.5) is 8.78 Å². The molecule has 0 amide bonds. The Morgan fingerprint density at radius 1 is 1.33 bits per heavy atom. The van der Waals surface area contributed by atoms with E-state index in [-0.39, 0.29) is 5.56 Å². The zero-order valence-electron chi connectivity index (χ0n) is 8.13. The first-order chi connectivity index (χ1) is 7.22. The van der Waals surface area contributed by atoms with Crippen LogP contribution in [0.2, 0.25) is 0 Å². The molecule has 2 nitrogen and oxygen atoms in total. The van der Waals surface area contributed by atoms with Crippen molar-refractivity contribution in [2.75, 3.05) is 6.54 Å². The van der Waals surface area contributed by atoms with Crippen LogP contribution in [-0.2, 0) is 6.42 Å². The summed E-state index contributed by atoms with van der Waals surface area (Å²) >= 11 is 0. The fourth-order valence-electron chi connectivity index (χ4n) is 1.70. The number of aromatic amines is 1. The molecule has 1 aromatic carbocycles. The number of benzene rings is 1. The summed E-state index contributed by atoms with van der Waals surface area (Å²) in [6, 6.07) is 4.67. The number of nitrogens with two attached hydrogens (primary N) is 1. The van der Waals surface area contributed by atoms with E-state index in [9.17, 15) is 8.78 Å². The van der Waals surface area contributed by atoms with E-state index >= 15 is 0 Å². The van der Waals surface area contributed by atoms with Gasteiger partial charge in [0.2, 0.25) is 0 Å². The fourth-order valence-corrected chi connectivity index (χ4v) is 1.70. The molecule has 80 valence electrons. The van der Waals surface area contributed by atoms with Crippen molar-refractivity contribution in [1.82, 2.24) is 4.98 Å². The molecular formula is C11H12F2N2. The minimum Gasteiger partial charge on any atom is -0.361 e. The quantitative estimate of drug-likeness (QED) is 0.803. The number of halogens is 2. The topological polar surface area (TPSA) is 41.8 Å². The molecule has 0 saturated carbocycles. The summed E-state index contributed by atoms with van der Waals surface area (Å²) in [5, 5.41) is 0.977. The highest BCUT2D eigenvalue weighted by atomic mass is 19.3. The lowest BCUT2D eigenvalue weighted by Gasteiger charge is -2.00. The van der Waals surface area contributed by atoms with Crippen LogP contribution >= 0.6 is 0 Å². The summed E-state index contributed by atoms with van der Waals surface area (Å²) in [6.07, 6.45) is 0.163. The average molecular weight is 210 g/mol. The molecule has 0 saturated heterocycles. The van der Waals surface area contributed by atoms with Gasteiger partial charge in [-0.1, -0.05) is 12.1 Å². The number of hydrogen-bond acceptors (Lipinski definition) is 1. The minimum absolute atomic E-state index is 0.0450. The molecule has 0 fully saturated rings. The molecule has 0 radical (unpaired) electrons. The van der Waals surface area contributed by atoms with Crippen LogP contribution in [0.15, 0.2) is 24.4 Å². The van der Waals surface area contributed by atoms with Crippen LogP contribution < -0.4 is 5.73 Å². The predicted octanol–water partition coefficient (Wildman–Crippen LogP) is 2.61. The molecule has 0 spiro atoms. The Bertz CT molecular complexity index is 463. The summed E-state index contributed by atoms with van der Waals surface area (Å²) in [4.78, 5) is 2.98. The maximum Gasteiger partial charge on any atom is 0.263 e. The molecule has 4 heteroatoms. The Balaban J connectivity index is 2.47. The van der Waals surface area contributed by atoms with Crippen molar-refractivity contribution in [3.63, 3.8) is 0 Å². The van der Waals surface area contributed by atoms with E-state index in [1.54, 1.807) is 6.07 Å². The molecule has 0 unspecified atom stereocenters. The van der Waals surface area contributed by atoms with Crippen molar-refractivity contribution >= 4 is 10.9 Å². The molecule has 0 aliphatic rings. The van der Waals surface area contributed by atoms with E-state index in [1.165, 1.54) is 12.1 Å². The number of nitrogens with one attached hydrogen (secondary N) is 1. The number of alkyl halides is 2. The number of rotatable bonds is 3. The highest BCUT2D eigenvalue weighted by Gasteiger charge is 2.09. The van der Waals surface area contributed by atoms with Crippen molar-refractivity contribution in [1.29, 1.82) is 0 Å². The molecule has 15 heavy (non-hydrogen) atoms. The van der Waals surface area contributed by atoms with Gasteiger partial charge in [-0.3, -0.25) is 0 Å². The molecule has 2 rings (SSSR count). The van der Waals surface area contributed by atoms with Gasteiger partial charge in [-0.25, -0.2) is 8.78 Å². The second-order valence-corrected chi connectivity index (χ2v) is 3.46. The zero-order chi connectivity index (χ0) is 10.8. The van der Waals surface area contributed by atoms with Crippen molar-refractivity contribution < 1.29 is 8.78 Å². The summed E-state index contributed by atoms with van der Waals surface area (Å²) < 4.78 is 24.8. The first-order valence-corrected chi connectivity index (χ1v) is 4.80. The summed E-state index contributed by atoms with van der Waals surface area (Å²) in [5.74, 6) is 0. The third-order valence-electron chi connectivity index (χ3n) is 2.46. The van der Waals surface area contributed by atoms with Gasteiger partial charge in [0, 0.05) is 22.7 Å². The molecular weight excluding hydrogens is 198 g/mol. The lowest BCUT2D eigenvalue weighted by molar-refractivity contribution is 0.151. The Morgan fingerprint density at radius 2 is 2.13 bits per heavy atom. The van der Waals surface area contributed by atoms with Gasteiger partial charge in [-0.15, -0.1) is 0 Å². The van der Waals surface area contributed by atoms with Gasteiger partial charge in [0.15, 0.2) is 0 Å². The molecule has 0 aliphatic heterocycles. The molecule has 3 N–H and O–H groups in total. The van der Waals surface area contributed by atoms with Gasteiger partial charge in [0.25, 0.3) is 6.43 Å². The van der Waals surface area contributed by atoms with Crippen LogP contribution in [0.25, 0.3) is 10.9 Å². The van der Waals surface area contributed by atoms with Crippen LogP contribution in [0.5, 0.6) is 0 Å². The largest absolute Gasteiger partial charge is 0.361 e. The van der Waals surface area contributed by atoms with Gasteiger partial charge in [0.1, 0.15) is 0 Å². The molecule has 1 aromatic heterocycles. The smallest absolute Gasteiger partial charge is 0.263 e. The summed E-state index contributed by atoms with van der Waals surface area (Å²) in [6.45, 7) is 0.559. The SMILES string of the molecule is NCCc1c[nH]c2cc(C(F)F)ccc12. The van der Waals surface area contributed by atoms with Gasteiger partial charge in [-0.2, -0.15) is 0 Å². The summed E-state index contributed by atoms with van der Waals surface area (Å²) in [5.41, 5.74) is 7.32. The number of H-pyrrole nitrogens is 1. The maximum atomic E-state index is 12.4. The third kappa shape index (κ3) is 1.85. The van der Waals surface area contributed by atoms with E-state index in [0.717, 1.165) is 22.9 Å². The van der Waals surface area contributed by atoms with Gasteiger partial charge >= 0.3 is 0 Å². The molecule has 2 aromatic rings. The Hall–Kier alpha value is -1.42. The molecule has 0 atom stereocenters. The van der Waals surface area contributed by atoms with Gasteiger partial charge in [-0.05, 0) is 24.6 Å². The predicted molar refractivity (Wildman–Crippen MR) is 56.0 cm³/mol. The maximum absolute atomic E-state index is 12.4. The monoisotopic (exact) mass is 210 g/mol. The van der Waals surface area contributed by atoms with E-state index in [0.29, 0.717) is 6.54 Å².